The third-order valence-corrected chi connectivity index (χ3v) is 9.21. The topological polar surface area (TPSA) is 164 Å². The SMILES string of the molecule is CC1(C)[C@H](C(=O)O)N2C(=O)[C@@H](NS(=O)(=O)CC(=O)OCc3ccccc3)[C@H]2S1(=O)=O. The molecule has 3 atom stereocenters. The van der Waals surface area contributed by atoms with Crippen molar-refractivity contribution < 1.29 is 41.1 Å². The van der Waals surface area contributed by atoms with E-state index in [0.29, 0.717) is 10.5 Å². The third-order valence-electron chi connectivity index (χ3n) is 5.16. The molecule has 0 unspecified atom stereocenters. The van der Waals surface area contributed by atoms with Gasteiger partial charge in [0.1, 0.15) is 23.4 Å². The quantitative estimate of drug-likeness (QED) is 0.377. The Morgan fingerprint density at radius 1 is 1.23 bits per heavy atom. The van der Waals surface area contributed by atoms with E-state index in [-0.39, 0.29) is 6.61 Å². The first-order chi connectivity index (χ1) is 13.8. The van der Waals surface area contributed by atoms with Gasteiger partial charge in [-0.15, -0.1) is 0 Å². The monoisotopic (exact) mass is 460 g/mol. The Morgan fingerprint density at radius 3 is 2.40 bits per heavy atom. The Hall–Kier alpha value is -2.51. The van der Waals surface area contributed by atoms with E-state index in [1.807, 2.05) is 4.72 Å². The van der Waals surface area contributed by atoms with Gasteiger partial charge < -0.3 is 14.7 Å². The lowest BCUT2D eigenvalue weighted by atomic mass is 9.96. The summed E-state index contributed by atoms with van der Waals surface area (Å²) in [5, 5.41) is 7.70. The van der Waals surface area contributed by atoms with Gasteiger partial charge in [-0.25, -0.2) is 21.6 Å². The van der Waals surface area contributed by atoms with Crippen LogP contribution in [0.2, 0.25) is 0 Å². The van der Waals surface area contributed by atoms with Gasteiger partial charge in [0.15, 0.2) is 21.0 Å². The molecule has 0 aliphatic carbocycles. The number of β-lactam (4-membered cyclic amide) rings is 1. The highest BCUT2D eigenvalue weighted by molar-refractivity contribution is 7.94. The van der Waals surface area contributed by atoms with E-state index >= 15 is 0 Å². The number of carboxylic acid groups (broad SMARTS) is 1. The van der Waals surface area contributed by atoms with Crippen LogP contribution in [0.5, 0.6) is 0 Å². The average molecular weight is 460 g/mol. The number of sulfone groups is 1. The van der Waals surface area contributed by atoms with Crippen LogP contribution in [0.15, 0.2) is 30.3 Å². The molecular weight excluding hydrogens is 440 g/mol. The number of amides is 1. The first-order valence-corrected chi connectivity index (χ1v) is 12.0. The van der Waals surface area contributed by atoms with Crippen molar-refractivity contribution in [3.8, 4) is 0 Å². The van der Waals surface area contributed by atoms with Crippen molar-refractivity contribution in [1.29, 1.82) is 0 Å². The number of carbonyl (C=O) groups excluding carboxylic acids is 2. The number of carboxylic acids is 1. The van der Waals surface area contributed by atoms with Crippen molar-refractivity contribution in [3.05, 3.63) is 35.9 Å². The zero-order valence-corrected chi connectivity index (χ0v) is 17.6. The van der Waals surface area contributed by atoms with E-state index < -0.39 is 65.7 Å². The normalized spacial score (nSPS) is 26.5. The summed E-state index contributed by atoms with van der Waals surface area (Å²) in [5.41, 5.74) is 0.639. The summed E-state index contributed by atoms with van der Waals surface area (Å²) in [6, 6.07) is 5.18. The van der Waals surface area contributed by atoms with E-state index in [0.717, 1.165) is 0 Å². The summed E-state index contributed by atoms with van der Waals surface area (Å²) in [6.07, 6.45) is 0. The van der Waals surface area contributed by atoms with E-state index in [1.165, 1.54) is 13.8 Å². The molecular formula is C17H20N2O9S2. The van der Waals surface area contributed by atoms with Crippen LogP contribution in [0.3, 0.4) is 0 Å². The summed E-state index contributed by atoms with van der Waals surface area (Å²) in [7, 11) is -8.63. The first kappa shape index (κ1) is 22.2. The molecule has 0 aromatic heterocycles. The highest BCUT2D eigenvalue weighted by atomic mass is 32.2. The summed E-state index contributed by atoms with van der Waals surface area (Å²) in [4.78, 5) is 36.4. The van der Waals surface area contributed by atoms with Gasteiger partial charge in [-0.3, -0.25) is 9.59 Å². The minimum Gasteiger partial charge on any atom is -0.480 e. The molecule has 13 heteroatoms. The standard InChI is InChI=1S/C17H20N2O9S2/c1-17(2)13(16(22)23)19-14(21)12(15(19)30(17,26)27)18-29(24,25)9-11(20)28-8-10-6-4-3-5-7-10/h3-7,12-13,15,18H,8-9H2,1-2H3,(H,22,23)/t12-,13+,15-/m1/s1. The summed E-state index contributed by atoms with van der Waals surface area (Å²) in [6.45, 7) is 2.18. The van der Waals surface area contributed by atoms with E-state index in [4.69, 9.17) is 4.74 Å². The molecule has 2 N–H and O–H groups in total. The van der Waals surface area contributed by atoms with Gasteiger partial charge in [0, 0.05) is 0 Å². The number of sulfonamides is 1. The molecule has 11 nitrogen and oxygen atoms in total. The number of hydrogen-bond donors (Lipinski definition) is 2. The molecule has 164 valence electrons. The maximum Gasteiger partial charge on any atom is 0.328 e. The summed E-state index contributed by atoms with van der Waals surface area (Å²) < 4.78 is 55.0. The predicted octanol–water partition coefficient (Wildman–Crippen LogP) is -1.15. The molecule has 1 amide bonds. The number of nitrogens with one attached hydrogen (secondary N) is 1. The minimum absolute atomic E-state index is 0.156. The number of nitrogens with zero attached hydrogens (tertiary/aromatic N) is 1. The molecule has 2 aliphatic heterocycles. The highest BCUT2D eigenvalue weighted by Crippen LogP contribution is 2.46. The second-order valence-electron chi connectivity index (χ2n) is 7.53. The second-order valence-corrected chi connectivity index (χ2v) is 11.9. The molecule has 0 spiro atoms. The molecule has 1 aromatic carbocycles. The molecule has 30 heavy (non-hydrogen) atoms. The Bertz CT molecular complexity index is 1100. The van der Waals surface area contributed by atoms with Crippen molar-refractivity contribution >= 4 is 37.7 Å². The van der Waals surface area contributed by atoms with Crippen LogP contribution in [0.25, 0.3) is 0 Å². The Balaban J connectivity index is 1.69. The predicted molar refractivity (Wildman–Crippen MR) is 102 cm³/mol. The van der Waals surface area contributed by atoms with Crippen LogP contribution < -0.4 is 4.72 Å². The highest BCUT2D eigenvalue weighted by Gasteiger charge is 2.72. The fraction of sp³-hybridized carbons (Fsp3) is 0.471. The van der Waals surface area contributed by atoms with Crippen LogP contribution in [-0.2, 0) is 45.6 Å². The van der Waals surface area contributed by atoms with Gasteiger partial charge in [-0.1, -0.05) is 30.3 Å². The Labute approximate surface area is 173 Å². The van der Waals surface area contributed by atoms with Gasteiger partial charge in [-0.2, -0.15) is 4.72 Å². The molecule has 1 aromatic rings. The largest absolute Gasteiger partial charge is 0.480 e. The van der Waals surface area contributed by atoms with Crippen molar-refractivity contribution in [2.24, 2.45) is 0 Å². The number of carbonyl (C=O) groups is 3. The molecule has 3 rings (SSSR count). The number of aliphatic carboxylic acids is 1. The second kappa shape index (κ2) is 7.32. The molecule has 2 saturated heterocycles. The van der Waals surface area contributed by atoms with Crippen molar-refractivity contribution in [2.75, 3.05) is 5.75 Å². The van der Waals surface area contributed by atoms with Crippen LogP contribution in [0.4, 0.5) is 0 Å². The molecule has 0 radical (unpaired) electrons. The third kappa shape index (κ3) is 3.56. The lowest BCUT2D eigenvalue weighted by Crippen LogP contribution is -2.72. The number of hydrogen-bond acceptors (Lipinski definition) is 8. The number of rotatable bonds is 7. The van der Waals surface area contributed by atoms with Gasteiger partial charge in [0.25, 0.3) is 0 Å². The van der Waals surface area contributed by atoms with E-state index in [2.05, 4.69) is 0 Å². The number of ether oxygens (including phenoxy) is 1. The van der Waals surface area contributed by atoms with Crippen LogP contribution in [-0.4, -0.2) is 72.6 Å². The number of fused-ring (bicyclic) bond motifs is 1. The average Bonchev–Trinajstić information content (AvgIpc) is 2.79. The van der Waals surface area contributed by atoms with Gasteiger partial charge in [-0.05, 0) is 19.4 Å². The van der Waals surface area contributed by atoms with Crippen LogP contribution in [0.1, 0.15) is 19.4 Å². The maximum absolute atomic E-state index is 12.7. The fourth-order valence-electron chi connectivity index (χ4n) is 3.59. The van der Waals surface area contributed by atoms with E-state index in [9.17, 15) is 36.3 Å². The van der Waals surface area contributed by atoms with Crippen LogP contribution in [0, 0.1) is 0 Å². The minimum atomic E-state index is -4.43. The number of benzene rings is 1. The van der Waals surface area contributed by atoms with Crippen molar-refractivity contribution in [3.63, 3.8) is 0 Å². The fourth-order valence-corrected chi connectivity index (χ4v) is 6.98. The van der Waals surface area contributed by atoms with Crippen molar-refractivity contribution in [2.45, 2.75) is 42.7 Å². The Kier molecular flexibility index (Phi) is 5.41. The lowest BCUT2D eigenvalue weighted by Gasteiger charge is -2.42. The van der Waals surface area contributed by atoms with E-state index in [1.54, 1.807) is 30.3 Å². The summed E-state index contributed by atoms with van der Waals surface area (Å²) >= 11 is 0. The first-order valence-electron chi connectivity index (χ1n) is 8.77. The zero-order valence-electron chi connectivity index (χ0n) is 16.0. The van der Waals surface area contributed by atoms with Crippen LogP contribution >= 0.6 is 0 Å². The summed E-state index contributed by atoms with van der Waals surface area (Å²) in [5.74, 6) is -4.71. The lowest BCUT2D eigenvalue weighted by molar-refractivity contribution is -0.159. The number of esters is 1. The van der Waals surface area contributed by atoms with Gasteiger partial charge >= 0.3 is 11.9 Å². The smallest absolute Gasteiger partial charge is 0.328 e. The van der Waals surface area contributed by atoms with Gasteiger partial charge in [0.05, 0.1) is 0 Å². The van der Waals surface area contributed by atoms with Gasteiger partial charge in [0.2, 0.25) is 15.9 Å². The molecule has 0 bridgehead atoms. The Morgan fingerprint density at radius 2 is 1.83 bits per heavy atom. The molecule has 0 saturated carbocycles. The zero-order chi connectivity index (χ0) is 22.5. The molecule has 2 fully saturated rings. The van der Waals surface area contributed by atoms with Crippen molar-refractivity contribution in [1.82, 2.24) is 9.62 Å². The molecule has 2 heterocycles. The molecule has 2 aliphatic rings. The maximum atomic E-state index is 12.7.